The molecule has 0 aliphatic carbocycles. The first kappa shape index (κ1) is 9.48. The van der Waals surface area contributed by atoms with Crippen molar-refractivity contribution in [2.75, 3.05) is 11.5 Å². The van der Waals surface area contributed by atoms with Gasteiger partial charge in [0.05, 0.1) is 0 Å². The zero-order chi connectivity index (χ0) is 8.81. The average molecular weight is 183 g/mol. The Kier molecular flexibility index (Phi) is 4.04. The van der Waals surface area contributed by atoms with Crippen LogP contribution in [0, 0.1) is 0 Å². The maximum absolute atomic E-state index is 5.88. The van der Waals surface area contributed by atoms with Gasteiger partial charge in [-0.2, -0.15) is 11.8 Å². The summed E-state index contributed by atoms with van der Waals surface area (Å²) in [4.78, 5) is 7.83. The van der Waals surface area contributed by atoms with Crippen LogP contribution >= 0.6 is 11.8 Å². The van der Waals surface area contributed by atoms with E-state index in [1.807, 2.05) is 11.8 Å². The Morgan fingerprint density at radius 3 is 2.75 bits per heavy atom. The lowest BCUT2D eigenvalue weighted by molar-refractivity contribution is 0.814. The molecule has 0 aromatic carbocycles. The van der Waals surface area contributed by atoms with E-state index in [1.54, 1.807) is 12.4 Å². The summed E-state index contributed by atoms with van der Waals surface area (Å²) in [5, 5.41) is 0. The van der Waals surface area contributed by atoms with Gasteiger partial charge in [0.2, 0.25) is 0 Å². The van der Waals surface area contributed by atoms with E-state index in [4.69, 9.17) is 5.73 Å². The molecule has 12 heavy (non-hydrogen) atoms. The molecule has 0 fully saturated rings. The molecule has 0 aliphatic heterocycles. The summed E-state index contributed by atoms with van der Waals surface area (Å²) >= 11 is 1.83. The number of hydrogen-bond donors (Lipinski definition) is 1. The first-order chi connectivity index (χ1) is 5.84. The lowest BCUT2D eigenvalue weighted by Crippen LogP contribution is -2.13. The van der Waals surface area contributed by atoms with E-state index in [2.05, 4.69) is 16.9 Å². The van der Waals surface area contributed by atoms with Gasteiger partial charge in [-0.25, -0.2) is 9.97 Å². The molecule has 1 aromatic heterocycles. The molecule has 0 spiro atoms. The number of rotatable bonds is 4. The minimum Gasteiger partial charge on any atom is -0.323 e. The third-order valence-electron chi connectivity index (χ3n) is 1.51. The van der Waals surface area contributed by atoms with Crippen LogP contribution in [-0.4, -0.2) is 21.5 Å². The summed E-state index contributed by atoms with van der Waals surface area (Å²) in [6.45, 7) is 2.12. The minimum absolute atomic E-state index is 0.0659. The topological polar surface area (TPSA) is 51.8 Å². The van der Waals surface area contributed by atoms with Gasteiger partial charge in [0.15, 0.2) is 0 Å². The normalized spacial score (nSPS) is 12.8. The van der Waals surface area contributed by atoms with Crippen molar-refractivity contribution in [2.45, 2.75) is 13.0 Å². The zero-order valence-corrected chi connectivity index (χ0v) is 7.92. The van der Waals surface area contributed by atoms with Gasteiger partial charge in [0.1, 0.15) is 6.33 Å². The molecule has 0 bridgehead atoms. The third kappa shape index (κ3) is 2.79. The highest BCUT2D eigenvalue weighted by Crippen LogP contribution is 2.13. The Hall–Kier alpha value is -0.610. The number of nitrogens with two attached hydrogens (primary N) is 1. The minimum atomic E-state index is 0.0659. The van der Waals surface area contributed by atoms with Gasteiger partial charge in [-0.1, -0.05) is 6.92 Å². The highest BCUT2D eigenvalue weighted by Gasteiger charge is 2.04. The zero-order valence-electron chi connectivity index (χ0n) is 7.10. The first-order valence-corrected chi connectivity index (χ1v) is 5.08. The van der Waals surface area contributed by atoms with Crippen LogP contribution in [0.5, 0.6) is 0 Å². The van der Waals surface area contributed by atoms with Crippen molar-refractivity contribution in [3.05, 3.63) is 24.3 Å². The maximum Gasteiger partial charge on any atom is 0.115 e. The Morgan fingerprint density at radius 1 is 1.50 bits per heavy atom. The van der Waals surface area contributed by atoms with Crippen molar-refractivity contribution < 1.29 is 0 Å². The number of hydrogen-bond acceptors (Lipinski definition) is 4. The summed E-state index contributed by atoms with van der Waals surface area (Å²) in [7, 11) is 0. The highest BCUT2D eigenvalue weighted by molar-refractivity contribution is 7.99. The van der Waals surface area contributed by atoms with Crippen molar-refractivity contribution in [1.82, 2.24) is 9.97 Å². The predicted octanol–water partition coefficient (Wildman–Crippen LogP) is 1.23. The Morgan fingerprint density at radius 2 is 2.17 bits per heavy atom. The third-order valence-corrected chi connectivity index (χ3v) is 2.51. The second-order valence-electron chi connectivity index (χ2n) is 2.44. The van der Waals surface area contributed by atoms with Gasteiger partial charge in [0, 0.05) is 29.8 Å². The molecule has 1 atom stereocenters. The van der Waals surface area contributed by atoms with E-state index in [0.717, 1.165) is 17.1 Å². The van der Waals surface area contributed by atoms with Crippen molar-refractivity contribution in [1.29, 1.82) is 0 Å². The number of thioether (sulfide) groups is 1. The molecular weight excluding hydrogens is 170 g/mol. The van der Waals surface area contributed by atoms with Crippen LogP contribution in [0.2, 0.25) is 0 Å². The van der Waals surface area contributed by atoms with E-state index in [1.165, 1.54) is 6.33 Å². The maximum atomic E-state index is 5.88. The smallest absolute Gasteiger partial charge is 0.115 e. The van der Waals surface area contributed by atoms with Gasteiger partial charge >= 0.3 is 0 Å². The molecule has 2 N–H and O–H groups in total. The van der Waals surface area contributed by atoms with E-state index in [0.29, 0.717) is 0 Å². The summed E-state index contributed by atoms with van der Waals surface area (Å²) < 4.78 is 0. The number of aromatic nitrogens is 2. The molecule has 1 unspecified atom stereocenters. The van der Waals surface area contributed by atoms with Crippen LogP contribution < -0.4 is 5.73 Å². The molecule has 0 saturated heterocycles. The summed E-state index contributed by atoms with van der Waals surface area (Å²) in [6, 6.07) is 0.0659. The van der Waals surface area contributed by atoms with E-state index < -0.39 is 0 Å². The molecule has 0 radical (unpaired) electrons. The Balaban J connectivity index is 2.48. The average Bonchev–Trinajstić information content (AvgIpc) is 2.15. The molecular formula is C8H13N3S. The fourth-order valence-electron chi connectivity index (χ4n) is 0.843. The highest BCUT2D eigenvalue weighted by atomic mass is 32.2. The SMILES string of the molecule is CCSCC(N)c1cncnc1. The van der Waals surface area contributed by atoms with Gasteiger partial charge in [-0.3, -0.25) is 0 Å². The van der Waals surface area contributed by atoms with Gasteiger partial charge < -0.3 is 5.73 Å². The Bertz CT molecular complexity index is 215. The monoisotopic (exact) mass is 183 g/mol. The van der Waals surface area contributed by atoms with Gasteiger partial charge in [-0.05, 0) is 5.75 Å². The second-order valence-corrected chi connectivity index (χ2v) is 3.76. The molecule has 66 valence electrons. The van der Waals surface area contributed by atoms with E-state index in [9.17, 15) is 0 Å². The fourth-order valence-corrected chi connectivity index (χ4v) is 1.53. The van der Waals surface area contributed by atoms with Gasteiger partial charge in [-0.15, -0.1) is 0 Å². The molecule has 3 nitrogen and oxygen atoms in total. The largest absolute Gasteiger partial charge is 0.323 e. The molecule has 0 aliphatic rings. The summed E-state index contributed by atoms with van der Waals surface area (Å²) in [5.41, 5.74) is 6.89. The van der Waals surface area contributed by atoms with Crippen LogP contribution in [0.25, 0.3) is 0 Å². The van der Waals surface area contributed by atoms with E-state index in [-0.39, 0.29) is 6.04 Å². The predicted molar refractivity (Wildman–Crippen MR) is 52.0 cm³/mol. The molecule has 0 amide bonds. The van der Waals surface area contributed by atoms with Crippen LogP contribution in [0.15, 0.2) is 18.7 Å². The van der Waals surface area contributed by atoms with Crippen LogP contribution in [0.1, 0.15) is 18.5 Å². The standard InChI is InChI=1S/C8H13N3S/c1-2-12-5-8(9)7-3-10-6-11-4-7/h3-4,6,8H,2,5,9H2,1H3. The molecule has 1 heterocycles. The van der Waals surface area contributed by atoms with Gasteiger partial charge in [0.25, 0.3) is 0 Å². The van der Waals surface area contributed by atoms with Crippen LogP contribution in [0.4, 0.5) is 0 Å². The molecule has 1 rings (SSSR count). The van der Waals surface area contributed by atoms with Crippen LogP contribution in [0.3, 0.4) is 0 Å². The lowest BCUT2D eigenvalue weighted by Gasteiger charge is -2.08. The summed E-state index contributed by atoms with van der Waals surface area (Å²) in [5.74, 6) is 2.03. The molecule has 1 aromatic rings. The Labute approximate surface area is 76.8 Å². The van der Waals surface area contributed by atoms with Crippen molar-refractivity contribution >= 4 is 11.8 Å². The lowest BCUT2D eigenvalue weighted by atomic mass is 10.2. The second kappa shape index (κ2) is 5.11. The van der Waals surface area contributed by atoms with Crippen molar-refractivity contribution in [3.63, 3.8) is 0 Å². The van der Waals surface area contributed by atoms with Crippen LogP contribution in [-0.2, 0) is 0 Å². The van der Waals surface area contributed by atoms with Crippen molar-refractivity contribution in [3.8, 4) is 0 Å². The number of nitrogens with zero attached hydrogens (tertiary/aromatic N) is 2. The van der Waals surface area contributed by atoms with E-state index >= 15 is 0 Å². The first-order valence-electron chi connectivity index (χ1n) is 3.92. The fraction of sp³-hybridized carbons (Fsp3) is 0.500. The quantitative estimate of drug-likeness (QED) is 0.762. The van der Waals surface area contributed by atoms with Crippen molar-refractivity contribution in [2.24, 2.45) is 5.73 Å². The molecule has 0 saturated carbocycles. The molecule has 4 heteroatoms. The summed E-state index contributed by atoms with van der Waals surface area (Å²) in [6.07, 6.45) is 5.06.